The average molecular weight is 182 g/mol. The molecule has 0 aromatic rings. The lowest BCUT2D eigenvalue weighted by Gasteiger charge is -2.05. The van der Waals surface area contributed by atoms with Crippen LogP contribution in [-0.2, 0) is 19.0 Å². The van der Waals surface area contributed by atoms with Crippen molar-refractivity contribution < 1.29 is 22.1 Å². The van der Waals surface area contributed by atoms with E-state index in [9.17, 15) is 13.2 Å². The first-order valence-electron chi connectivity index (χ1n) is 2.91. The van der Waals surface area contributed by atoms with Crippen molar-refractivity contribution in [1.82, 2.24) is 0 Å². The maximum Gasteiger partial charge on any atom is 0.524 e. The Morgan fingerprint density at radius 3 is 2.09 bits per heavy atom. The standard InChI is InChI=1S/C5H10O5S/c1-4(2)9-5(6)10-11(3,7)8/h4H,1-3H3. The smallest absolute Gasteiger partial charge is 0.431 e. The third-order valence-electron chi connectivity index (χ3n) is 0.551. The summed E-state index contributed by atoms with van der Waals surface area (Å²) in [5, 5.41) is 0. The van der Waals surface area contributed by atoms with Gasteiger partial charge in [-0.15, -0.1) is 0 Å². The van der Waals surface area contributed by atoms with Gasteiger partial charge in [0.15, 0.2) is 0 Å². The molecule has 0 heterocycles. The second-order valence-electron chi connectivity index (χ2n) is 2.20. The lowest BCUT2D eigenvalue weighted by Crippen LogP contribution is -2.16. The van der Waals surface area contributed by atoms with Gasteiger partial charge in [-0.3, -0.25) is 0 Å². The van der Waals surface area contributed by atoms with Gasteiger partial charge in [0.25, 0.3) is 0 Å². The number of rotatable bonds is 2. The summed E-state index contributed by atoms with van der Waals surface area (Å²) < 4.78 is 28.8. The van der Waals surface area contributed by atoms with Crippen molar-refractivity contribution in [3.8, 4) is 0 Å². The Hall–Kier alpha value is -0.780. The third-order valence-corrected chi connectivity index (χ3v) is 0.990. The maximum absolute atomic E-state index is 10.4. The van der Waals surface area contributed by atoms with Crippen LogP contribution in [0.3, 0.4) is 0 Å². The molecule has 11 heavy (non-hydrogen) atoms. The SMILES string of the molecule is CC(C)OC(=O)OS(C)(=O)=O. The molecule has 0 bridgehead atoms. The Labute approximate surface area is 65.4 Å². The van der Waals surface area contributed by atoms with E-state index in [1.165, 1.54) is 0 Å². The molecule has 0 fully saturated rings. The summed E-state index contributed by atoms with van der Waals surface area (Å²) in [7, 11) is -3.74. The van der Waals surface area contributed by atoms with E-state index in [2.05, 4.69) is 8.92 Å². The van der Waals surface area contributed by atoms with Crippen LogP contribution in [0.25, 0.3) is 0 Å². The molecular weight excluding hydrogens is 172 g/mol. The van der Waals surface area contributed by atoms with Crippen LogP contribution < -0.4 is 0 Å². The Bertz CT molecular complexity index is 227. The molecule has 0 amide bonds. The highest BCUT2D eigenvalue weighted by atomic mass is 32.2. The molecule has 0 rings (SSSR count). The van der Waals surface area contributed by atoms with Crippen LogP contribution in [0.2, 0.25) is 0 Å². The summed E-state index contributed by atoms with van der Waals surface area (Å²) in [5.41, 5.74) is 0. The fourth-order valence-electron chi connectivity index (χ4n) is 0.336. The lowest BCUT2D eigenvalue weighted by atomic mass is 10.5. The molecule has 6 heteroatoms. The lowest BCUT2D eigenvalue weighted by molar-refractivity contribution is 0.0753. The summed E-state index contributed by atoms with van der Waals surface area (Å²) in [6.45, 7) is 3.17. The molecule has 5 nitrogen and oxygen atoms in total. The number of hydrogen-bond donors (Lipinski definition) is 0. The fraction of sp³-hybridized carbons (Fsp3) is 0.800. The Morgan fingerprint density at radius 1 is 1.36 bits per heavy atom. The van der Waals surface area contributed by atoms with Crippen LogP contribution in [0.15, 0.2) is 0 Å². The molecule has 0 aliphatic heterocycles. The topological polar surface area (TPSA) is 69.7 Å². The molecule has 0 aliphatic carbocycles. The maximum atomic E-state index is 10.4. The largest absolute Gasteiger partial charge is 0.524 e. The van der Waals surface area contributed by atoms with Gasteiger partial charge in [0.2, 0.25) is 0 Å². The third kappa shape index (κ3) is 7.11. The second-order valence-corrected chi connectivity index (χ2v) is 3.78. The van der Waals surface area contributed by atoms with Crippen molar-refractivity contribution in [2.45, 2.75) is 20.0 Å². The molecule has 0 radical (unpaired) electrons. The van der Waals surface area contributed by atoms with E-state index in [-0.39, 0.29) is 6.10 Å². The average Bonchev–Trinajstić information content (AvgIpc) is 1.53. The van der Waals surface area contributed by atoms with E-state index in [0.717, 1.165) is 6.26 Å². The minimum absolute atomic E-state index is 0.385. The van der Waals surface area contributed by atoms with Crippen LogP contribution in [0.4, 0.5) is 4.79 Å². The molecule has 0 spiro atoms. The Kier molecular flexibility index (Phi) is 3.31. The van der Waals surface area contributed by atoms with Crippen LogP contribution in [0, 0.1) is 0 Å². The predicted octanol–water partition coefficient (Wildman–Crippen LogP) is 0.508. The van der Waals surface area contributed by atoms with Crippen molar-refractivity contribution >= 4 is 16.3 Å². The van der Waals surface area contributed by atoms with Crippen LogP contribution in [0.5, 0.6) is 0 Å². The number of hydrogen-bond acceptors (Lipinski definition) is 5. The molecule has 0 aliphatic rings. The second kappa shape index (κ2) is 3.56. The van der Waals surface area contributed by atoms with Gasteiger partial charge in [-0.1, -0.05) is 0 Å². The van der Waals surface area contributed by atoms with Gasteiger partial charge in [0.05, 0.1) is 12.4 Å². The van der Waals surface area contributed by atoms with Crippen molar-refractivity contribution in [1.29, 1.82) is 0 Å². The molecular formula is C5H10O5S. The zero-order chi connectivity index (χ0) is 9.07. The van der Waals surface area contributed by atoms with E-state index in [4.69, 9.17) is 0 Å². The molecule has 0 saturated carbocycles. The summed E-state index contributed by atoms with van der Waals surface area (Å²) in [4.78, 5) is 10.4. The van der Waals surface area contributed by atoms with Gasteiger partial charge in [0, 0.05) is 0 Å². The van der Waals surface area contributed by atoms with Gasteiger partial charge in [0.1, 0.15) is 0 Å². The predicted molar refractivity (Wildman–Crippen MR) is 37.5 cm³/mol. The highest BCUT2D eigenvalue weighted by Crippen LogP contribution is 1.95. The van der Waals surface area contributed by atoms with Gasteiger partial charge in [-0.2, -0.15) is 8.42 Å². The molecule has 0 saturated heterocycles. The van der Waals surface area contributed by atoms with E-state index in [1.54, 1.807) is 13.8 Å². The van der Waals surface area contributed by atoms with Gasteiger partial charge in [-0.05, 0) is 13.8 Å². The molecule has 0 N–H and O–H groups in total. The molecule has 0 unspecified atom stereocenters. The van der Waals surface area contributed by atoms with E-state index in [0.29, 0.717) is 0 Å². The normalized spacial score (nSPS) is 11.3. The molecule has 0 aromatic carbocycles. The summed E-state index contributed by atoms with van der Waals surface area (Å²) in [6.07, 6.45) is -0.805. The number of carbonyl (C=O) groups excluding carboxylic acids is 1. The Balaban J connectivity index is 3.91. The van der Waals surface area contributed by atoms with Gasteiger partial charge in [-0.25, -0.2) is 4.79 Å². The van der Waals surface area contributed by atoms with Crippen LogP contribution >= 0.6 is 0 Å². The van der Waals surface area contributed by atoms with E-state index < -0.39 is 16.3 Å². The van der Waals surface area contributed by atoms with E-state index >= 15 is 0 Å². The summed E-state index contributed by atoms with van der Waals surface area (Å²) in [5.74, 6) is 0. The molecule has 0 aromatic heterocycles. The van der Waals surface area contributed by atoms with Crippen LogP contribution in [-0.4, -0.2) is 26.9 Å². The zero-order valence-electron chi connectivity index (χ0n) is 6.53. The molecule has 66 valence electrons. The first-order valence-corrected chi connectivity index (χ1v) is 4.73. The number of carbonyl (C=O) groups is 1. The van der Waals surface area contributed by atoms with Gasteiger partial charge < -0.3 is 8.92 Å². The zero-order valence-corrected chi connectivity index (χ0v) is 7.34. The summed E-state index contributed by atoms with van der Waals surface area (Å²) in [6, 6.07) is 0. The van der Waals surface area contributed by atoms with E-state index in [1.807, 2.05) is 0 Å². The first-order chi connectivity index (χ1) is 4.81. The minimum atomic E-state index is -3.74. The van der Waals surface area contributed by atoms with Gasteiger partial charge >= 0.3 is 16.3 Å². The quantitative estimate of drug-likeness (QED) is 0.459. The summed E-state index contributed by atoms with van der Waals surface area (Å²) >= 11 is 0. The molecule has 0 atom stereocenters. The highest BCUT2D eigenvalue weighted by Gasteiger charge is 2.13. The fourth-order valence-corrected chi connectivity index (χ4v) is 0.622. The van der Waals surface area contributed by atoms with Crippen molar-refractivity contribution in [3.63, 3.8) is 0 Å². The monoisotopic (exact) mass is 182 g/mol. The van der Waals surface area contributed by atoms with Crippen molar-refractivity contribution in [2.24, 2.45) is 0 Å². The Morgan fingerprint density at radius 2 is 1.82 bits per heavy atom. The van der Waals surface area contributed by atoms with Crippen LogP contribution in [0.1, 0.15) is 13.8 Å². The first kappa shape index (κ1) is 10.2. The minimum Gasteiger partial charge on any atom is -0.431 e. The van der Waals surface area contributed by atoms with Crippen molar-refractivity contribution in [3.05, 3.63) is 0 Å². The highest BCUT2D eigenvalue weighted by molar-refractivity contribution is 7.86. The number of ether oxygens (including phenoxy) is 1. The van der Waals surface area contributed by atoms with Crippen molar-refractivity contribution in [2.75, 3.05) is 6.26 Å².